The van der Waals surface area contributed by atoms with Crippen LogP contribution in [-0.4, -0.2) is 36.5 Å². The summed E-state index contributed by atoms with van der Waals surface area (Å²) in [5.41, 5.74) is 0. The molecule has 3 nitrogen and oxygen atoms in total. The van der Waals surface area contributed by atoms with Gasteiger partial charge in [0.1, 0.15) is 0 Å². The molecule has 0 aromatic rings. The number of nitrogens with one attached hydrogen (secondary N) is 1. The summed E-state index contributed by atoms with van der Waals surface area (Å²) in [6.45, 7) is 0.906. The zero-order chi connectivity index (χ0) is 13.2. The van der Waals surface area contributed by atoms with E-state index in [-0.39, 0.29) is 0 Å². The summed E-state index contributed by atoms with van der Waals surface area (Å²) in [5, 5.41) is 3.85. The summed E-state index contributed by atoms with van der Waals surface area (Å²) in [4.78, 5) is 13.4. The van der Waals surface area contributed by atoms with E-state index < -0.39 is 0 Å². The standard InChI is InChI=1S/C16H28N2O/c1-18-11-15(8-9-16(18)19)17-14-7-6-12-4-2-3-5-13(12)10-14/h12-15,17H,2-11H2,1H3. The number of hydrogen-bond acceptors (Lipinski definition) is 2. The number of hydrogen-bond donors (Lipinski definition) is 1. The van der Waals surface area contributed by atoms with Gasteiger partial charge in [0.05, 0.1) is 0 Å². The minimum Gasteiger partial charge on any atom is -0.344 e. The smallest absolute Gasteiger partial charge is 0.222 e. The van der Waals surface area contributed by atoms with Gasteiger partial charge in [0.2, 0.25) is 5.91 Å². The largest absolute Gasteiger partial charge is 0.344 e. The first-order valence-electron chi connectivity index (χ1n) is 8.22. The van der Waals surface area contributed by atoms with Crippen LogP contribution in [0.15, 0.2) is 0 Å². The van der Waals surface area contributed by atoms with E-state index in [1.807, 2.05) is 11.9 Å². The van der Waals surface area contributed by atoms with Crippen LogP contribution < -0.4 is 5.32 Å². The van der Waals surface area contributed by atoms with E-state index in [1.54, 1.807) is 0 Å². The quantitative estimate of drug-likeness (QED) is 0.831. The number of rotatable bonds is 2. The topological polar surface area (TPSA) is 32.3 Å². The summed E-state index contributed by atoms with van der Waals surface area (Å²) in [6.07, 6.45) is 11.8. The Morgan fingerprint density at radius 2 is 1.79 bits per heavy atom. The Balaban J connectivity index is 1.49. The molecule has 3 fully saturated rings. The van der Waals surface area contributed by atoms with Gasteiger partial charge in [0, 0.05) is 32.1 Å². The molecular weight excluding hydrogens is 236 g/mol. The Bertz CT molecular complexity index is 331. The summed E-state index contributed by atoms with van der Waals surface area (Å²) in [7, 11) is 1.94. The van der Waals surface area contributed by atoms with Gasteiger partial charge in [-0.1, -0.05) is 25.7 Å². The van der Waals surface area contributed by atoms with E-state index in [0.717, 1.165) is 31.2 Å². The third-order valence-corrected chi connectivity index (χ3v) is 5.64. The number of nitrogens with zero attached hydrogens (tertiary/aromatic N) is 1. The highest BCUT2D eigenvalue weighted by atomic mass is 16.2. The van der Waals surface area contributed by atoms with Crippen LogP contribution >= 0.6 is 0 Å². The maximum Gasteiger partial charge on any atom is 0.222 e. The van der Waals surface area contributed by atoms with Crippen molar-refractivity contribution >= 4 is 5.91 Å². The Hall–Kier alpha value is -0.570. The van der Waals surface area contributed by atoms with Crippen LogP contribution in [0.1, 0.15) is 57.8 Å². The van der Waals surface area contributed by atoms with Crippen molar-refractivity contribution in [3.63, 3.8) is 0 Å². The van der Waals surface area contributed by atoms with Gasteiger partial charge in [-0.2, -0.15) is 0 Å². The number of carbonyl (C=O) groups is 1. The molecular formula is C16H28N2O. The summed E-state index contributed by atoms with van der Waals surface area (Å²) < 4.78 is 0. The molecule has 1 heterocycles. The molecule has 3 heteroatoms. The third kappa shape index (κ3) is 3.13. The van der Waals surface area contributed by atoms with Crippen LogP contribution in [0.25, 0.3) is 0 Å². The number of amides is 1. The normalized spacial score (nSPS) is 40.1. The van der Waals surface area contributed by atoms with Gasteiger partial charge in [-0.3, -0.25) is 4.79 Å². The minimum atomic E-state index is 0.314. The van der Waals surface area contributed by atoms with Crippen molar-refractivity contribution in [2.75, 3.05) is 13.6 Å². The average molecular weight is 264 g/mol. The van der Waals surface area contributed by atoms with Crippen LogP contribution in [0.3, 0.4) is 0 Å². The molecule has 0 bridgehead atoms. The van der Waals surface area contributed by atoms with Crippen LogP contribution in [0.2, 0.25) is 0 Å². The Kier molecular flexibility index (Phi) is 4.11. The Morgan fingerprint density at radius 1 is 1.00 bits per heavy atom. The predicted octanol–water partition coefficient (Wildman–Crippen LogP) is 2.56. The van der Waals surface area contributed by atoms with Crippen molar-refractivity contribution in [3.8, 4) is 0 Å². The summed E-state index contributed by atoms with van der Waals surface area (Å²) in [6, 6.07) is 1.25. The van der Waals surface area contributed by atoms with E-state index in [4.69, 9.17) is 0 Å². The fraction of sp³-hybridized carbons (Fsp3) is 0.938. The van der Waals surface area contributed by atoms with Gasteiger partial charge < -0.3 is 10.2 Å². The van der Waals surface area contributed by atoms with Gasteiger partial charge in [0.15, 0.2) is 0 Å². The van der Waals surface area contributed by atoms with Gasteiger partial charge in [-0.25, -0.2) is 0 Å². The molecule has 0 aromatic heterocycles. The van der Waals surface area contributed by atoms with E-state index >= 15 is 0 Å². The second-order valence-electron chi connectivity index (χ2n) is 6.99. The Labute approximate surface area is 117 Å². The fourth-order valence-electron chi connectivity index (χ4n) is 4.51. The monoisotopic (exact) mass is 264 g/mol. The average Bonchev–Trinajstić information content (AvgIpc) is 2.43. The van der Waals surface area contributed by atoms with Crippen molar-refractivity contribution in [2.24, 2.45) is 11.8 Å². The molecule has 3 rings (SSSR count). The molecule has 2 aliphatic carbocycles. The molecule has 108 valence electrons. The van der Waals surface area contributed by atoms with E-state index in [2.05, 4.69) is 5.32 Å². The third-order valence-electron chi connectivity index (χ3n) is 5.64. The number of piperidine rings is 1. The van der Waals surface area contributed by atoms with Crippen LogP contribution in [-0.2, 0) is 4.79 Å². The molecule has 1 saturated heterocycles. The molecule has 1 amide bonds. The molecule has 1 N–H and O–H groups in total. The second-order valence-corrected chi connectivity index (χ2v) is 6.99. The van der Waals surface area contributed by atoms with Crippen molar-refractivity contribution in [3.05, 3.63) is 0 Å². The molecule has 4 unspecified atom stereocenters. The molecule has 0 radical (unpaired) electrons. The maximum absolute atomic E-state index is 11.5. The lowest BCUT2D eigenvalue weighted by atomic mass is 9.69. The highest BCUT2D eigenvalue weighted by molar-refractivity contribution is 5.76. The predicted molar refractivity (Wildman–Crippen MR) is 76.9 cm³/mol. The maximum atomic E-state index is 11.5. The number of likely N-dealkylation sites (tertiary alicyclic amines) is 1. The van der Waals surface area contributed by atoms with E-state index in [9.17, 15) is 4.79 Å². The first-order chi connectivity index (χ1) is 9.22. The van der Waals surface area contributed by atoms with Crippen molar-refractivity contribution in [1.82, 2.24) is 10.2 Å². The van der Waals surface area contributed by atoms with E-state index in [0.29, 0.717) is 18.0 Å². The SMILES string of the molecule is CN1CC(NC2CCC3CCCCC3C2)CCC1=O. The molecule has 0 spiro atoms. The van der Waals surface area contributed by atoms with Crippen molar-refractivity contribution in [2.45, 2.75) is 69.9 Å². The van der Waals surface area contributed by atoms with Gasteiger partial charge in [-0.15, -0.1) is 0 Å². The second kappa shape index (κ2) is 5.82. The van der Waals surface area contributed by atoms with Crippen LogP contribution in [0, 0.1) is 11.8 Å². The first-order valence-corrected chi connectivity index (χ1v) is 8.22. The van der Waals surface area contributed by atoms with Crippen LogP contribution in [0.5, 0.6) is 0 Å². The van der Waals surface area contributed by atoms with Crippen LogP contribution in [0.4, 0.5) is 0 Å². The summed E-state index contributed by atoms with van der Waals surface area (Å²) in [5.74, 6) is 2.33. The molecule has 19 heavy (non-hydrogen) atoms. The molecule has 2 saturated carbocycles. The van der Waals surface area contributed by atoms with E-state index in [1.165, 1.54) is 44.9 Å². The fourth-order valence-corrected chi connectivity index (χ4v) is 4.51. The van der Waals surface area contributed by atoms with Gasteiger partial charge in [-0.05, 0) is 37.5 Å². The molecule has 3 aliphatic rings. The van der Waals surface area contributed by atoms with Gasteiger partial charge >= 0.3 is 0 Å². The molecule has 1 aliphatic heterocycles. The highest BCUT2D eigenvalue weighted by Gasteiger charge is 2.33. The first kappa shape index (κ1) is 13.4. The lowest BCUT2D eigenvalue weighted by molar-refractivity contribution is -0.132. The lowest BCUT2D eigenvalue weighted by Crippen LogP contribution is -2.51. The Morgan fingerprint density at radius 3 is 2.58 bits per heavy atom. The zero-order valence-electron chi connectivity index (χ0n) is 12.2. The minimum absolute atomic E-state index is 0.314. The number of fused-ring (bicyclic) bond motifs is 1. The summed E-state index contributed by atoms with van der Waals surface area (Å²) >= 11 is 0. The van der Waals surface area contributed by atoms with Gasteiger partial charge in [0.25, 0.3) is 0 Å². The zero-order valence-corrected chi connectivity index (χ0v) is 12.2. The van der Waals surface area contributed by atoms with Crippen molar-refractivity contribution in [1.29, 1.82) is 0 Å². The van der Waals surface area contributed by atoms with Crippen molar-refractivity contribution < 1.29 is 4.79 Å². The lowest BCUT2D eigenvalue weighted by Gasteiger charge is -2.41. The highest BCUT2D eigenvalue weighted by Crippen LogP contribution is 2.40. The molecule has 4 atom stereocenters. The number of likely N-dealkylation sites (N-methyl/N-ethyl adjacent to an activating group) is 1. The number of carbonyl (C=O) groups excluding carboxylic acids is 1. The molecule has 0 aromatic carbocycles.